The molecule has 1 aromatic carbocycles. The summed E-state index contributed by atoms with van der Waals surface area (Å²) in [4.78, 5) is 34.6. The molecule has 0 amide bonds. The number of esters is 1. The smallest absolute Gasteiger partial charge is 0.338 e. The van der Waals surface area contributed by atoms with Crippen LogP contribution in [0.25, 0.3) is 0 Å². The molecule has 2 N–H and O–H groups in total. The van der Waals surface area contributed by atoms with Crippen LogP contribution in [0.15, 0.2) is 52.1 Å². The second kappa shape index (κ2) is 11.2. The molecule has 0 bridgehead atoms. The maximum absolute atomic E-state index is 14.9. The molecule has 2 aliphatic rings. The van der Waals surface area contributed by atoms with Gasteiger partial charge in [0.25, 0.3) is 5.92 Å². The van der Waals surface area contributed by atoms with Gasteiger partial charge in [-0.25, -0.2) is 32.7 Å². The third kappa shape index (κ3) is 5.89. The van der Waals surface area contributed by atoms with Gasteiger partial charge in [-0.1, -0.05) is 12.1 Å². The number of carbonyl (C=O) groups is 2. The van der Waals surface area contributed by atoms with Crippen molar-refractivity contribution in [3.05, 3.63) is 63.5 Å². The lowest BCUT2D eigenvalue weighted by Gasteiger charge is -2.40. The quantitative estimate of drug-likeness (QED) is 0.456. The Balaban J connectivity index is 1.73. The first-order valence-electron chi connectivity index (χ1n) is 11.9. The number of benzene rings is 1. The number of halogens is 3. The van der Waals surface area contributed by atoms with Gasteiger partial charge < -0.3 is 19.9 Å². The number of piperidine rings is 1. The number of aliphatic imine (C=N–C) groups is 1. The summed E-state index contributed by atoms with van der Waals surface area (Å²) in [5, 5.41) is 14.2. The van der Waals surface area contributed by atoms with Gasteiger partial charge in [-0.15, -0.1) is 11.3 Å². The van der Waals surface area contributed by atoms with Crippen molar-refractivity contribution in [3.63, 3.8) is 0 Å². The zero-order valence-corrected chi connectivity index (χ0v) is 21.6. The van der Waals surface area contributed by atoms with E-state index in [0.717, 1.165) is 0 Å². The average Bonchev–Trinajstić information content (AvgIpc) is 3.38. The number of aliphatic carboxylic acids is 1. The second-order valence-electron chi connectivity index (χ2n) is 9.03. The van der Waals surface area contributed by atoms with Crippen LogP contribution in [0.5, 0.6) is 0 Å². The maximum atomic E-state index is 14.9. The lowest BCUT2D eigenvalue weighted by Crippen LogP contribution is -2.54. The Bertz CT molecular complexity index is 1240. The molecule has 0 saturated carbocycles. The lowest BCUT2D eigenvalue weighted by molar-refractivity contribution is -0.180. The van der Waals surface area contributed by atoms with E-state index < -0.39 is 48.5 Å². The van der Waals surface area contributed by atoms with Crippen LogP contribution >= 0.6 is 11.3 Å². The molecule has 38 heavy (non-hydrogen) atoms. The molecular weight excluding hydrogens is 525 g/mol. The third-order valence-electron chi connectivity index (χ3n) is 6.32. The van der Waals surface area contributed by atoms with Crippen LogP contribution in [0.4, 0.5) is 13.2 Å². The van der Waals surface area contributed by atoms with Crippen LogP contribution in [0.1, 0.15) is 30.8 Å². The number of hydrogen-bond donors (Lipinski definition) is 2. The molecule has 1 saturated heterocycles. The van der Waals surface area contributed by atoms with Gasteiger partial charge >= 0.3 is 11.9 Å². The SMILES string of the molecule is CCOC(=O)C1=C(CN2CCC(OCC(=O)O)C(F)(F)C2)NC(c2nccs2)=N[C@@]1(C)c1ccc(F)cc1. The largest absolute Gasteiger partial charge is 0.480 e. The number of thiazole rings is 1. The number of alkyl halides is 2. The topological polar surface area (TPSA) is 113 Å². The number of amidine groups is 1. The van der Waals surface area contributed by atoms with Crippen LogP contribution in [0.3, 0.4) is 0 Å². The Hall–Kier alpha value is -3.29. The van der Waals surface area contributed by atoms with Gasteiger partial charge in [0, 0.05) is 30.4 Å². The molecule has 0 spiro atoms. The van der Waals surface area contributed by atoms with Crippen molar-refractivity contribution in [1.82, 2.24) is 15.2 Å². The van der Waals surface area contributed by atoms with E-state index in [-0.39, 0.29) is 31.7 Å². The Morgan fingerprint density at radius 1 is 1.29 bits per heavy atom. The minimum absolute atomic E-state index is 0.0720. The molecule has 1 fully saturated rings. The van der Waals surface area contributed by atoms with Crippen molar-refractivity contribution >= 4 is 29.1 Å². The molecule has 2 aromatic rings. The normalized spacial score (nSPS) is 23.5. The van der Waals surface area contributed by atoms with E-state index in [0.29, 0.717) is 22.1 Å². The highest BCUT2D eigenvalue weighted by molar-refractivity contribution is 7.11. The molecule has 3 heterocycles. The molecular formula is C25H27F3N4O5S. The van der Waals surface area contributed by atoms with E-state index in [1.807, 2.05) is 0 Å². The summed E-state index contributed by atoms with van der Waals surface area (Å²) >= 11 is 1.30. The van der Waals surface area contributed by atoms with Gasteiger partial charge in [-0.05, 0) is 38.0 Å². The molecule has 4 rings (SSSR count). The minimum Gasteiger partial charge on any atom is -0.480 e. The Kier molecular flexibility index (Phi) is 8.19. The zero-order chi connectivity index (χ0) is 27.5. The number of aromatic nitrogens is 1. The van der Waals surface area contributed by atoms with Crippen molar-refractivity contribution in [1.29, 1.82) is 0 Å². The van der Waals surface area contributed by atoms with Crippen LogP contribution in [0, 0.1) is 5.82 Å². The molecule has 204 valence electrons. The summed E-state index contributed by atoms with van der Waals surface area (Å²) in [5.74, 6) is -5.46. The van der Waals surface area contributed by atoms with E-state index in [4.69, 9.17) is 19.6 Å². The molecule has 2 atom stereocenters. The van der Waals surface area contributed by atoms with Crippen molar-refractivity contribution in [2.45, 2.75) is 37.8 Å². The van der Waals surface area contributed by atoms with E-state index >= 15 is 0 Å². The molecule has 1 unspecified atom stereocenters. The molecule has 13 heteroatoms. The number of nitrogens with zero attached hydrogens (tertiary/aromatic N) is 3. The number of carbonyl (C=O) groups excluding carboxylic acids is 1. The van der Waals surface area contributed by atoms with Crippen LogP contribution in [0.2, 0.25) is 0 Å². The monoisotopic (exact) mass is 552 g/mol. The standard InChI is InChI=1S/C25H27F3N4O5S/c1-3-36-23(35)20-17(12-32-10-8-18(25(27,28)14-32)37-13-19(33)34)30-21(22-29-9-11-38-22)31-24(20,2)15-4-6-16(26)7-5-15/h4-7,9,11,18H,3,8,10,12-14H2,1-2H3,(H,30,31)(H,33,34)/t18?,24-/m0/s1. The predicted octanol–water partition coefficient (Wildman–Crippen LogP) is 3.18. The van der Waals surface area contributed by atoms with Crippen molar-refractivity contribution < 1.29 is 37.3 Å². The number of carboxylic acids is 1. The van der Waals surface area contributed by atoms with Crippen molar-refractivity contribution in [2.75, 3.05) is 32.8 Å². The first-order chi connectivity index (χ1) is 18.0. The number of likely N-dealkylation sites (tertiary alicyclic amines) is 1. The first-order valence-corrected chi connectivity index (χ1v) is 12.8. The van der Waals surface area contributed by atoms with Crippen LogP contribution < -0.4 is 5.32 Å². The lowest BCUT2D eigenvalue weighted by atomic mass is 9.82. The Labute approximate surface area is 221 Å². The summed E-state index contributed by atoms with van der Waals surface area (Å²) in [5.41, 5.74) is -0.427. The Morgan fingerprint density at radius 2 is 2.03 bits per heavy atom. The number of carboxylic acid groups (broad SMARTS) is 1. The summed E-state index contributed by atoms with van der Waals surface area (Å²) < 4.78 is 53.8. The maximum Gasteiger partial charge on any atom is 0.338 e. The fraction of sp³-hybridized carbons (Fsp3) is 0.440. The van der Waals surface area contributed by atoms with E-state index in [1.54, 1.807) is 25.4 Å². The number of rotatable bonds is 9. The zero-order valence-electron chi connectivity index (χ0n) is 20.7. The highest BCUT2D eigenvalue weighted by atomic mass is 32.1. The van der Waals surface area contributed by atoms with Gasteiger partial charge in [0.15, 0.2) is 10.8 Å². The van der Waals surface area contributed by atoms with Gasteiger partial charge in [0.1, 0.15) is 24.1 Å². The third-order valence-corrected chi connectivity index (χ3v) is 7.10. The fourth-order valence-electron chi connectivity index (χ4n) is 4.60. The molecule has 1 aromatic heterocycles. The van der Waals surface area contributed by atoms with Gasteiger partial charge in [-0.3, -0.25) is 4.90 Å². The van der Waals surface area contributed by atoms with Crippen molar-refractivity contribution in [2.24, 2.45) is 4.99 Å². The number of ether oxygens (including phenoxy) is 2. The minimum atomic E-state index is -3.32. The summed E-state index contributed by atoms with van der Waals surface area (Å²) in [7, 11) is 0. The number of hydrogen-bond acceptors (Lipinski definition) is 9. The second-order valence-corrected chi connectivity index (χ2v) is 9.92. The van der Waals surface area contributed by atoms with Gasteiger partial charge in [0.05, 0.1) is 18.7 Å². The fourth-order valence-corrected chi connectivity index (χ4v) is 5.18. The summed E-state index contributed by atoms with van der Waals surface area (Å²) in [6.07, 6.45) is -0.0542. The van der Waals surface area contributed by atoms with E-state index in [1.165, 1.54) is 40.5 Å². The highest BCUT2D eigenvalue weighted by Crippen LogP contribution is 2.40. The molecule has 9 nitrogen and oxygen atoms in total. The molecule has 2 aliphatic heterocycles. The Morgan fingerprint density at radius 3 is 2.63 bits per heavy atom. The highest BCUT2D eigenvalue weighted by Gasteiger charge is 2.47. The van der Waals surface area contributed by atoms with Crippen molar-refractivity contribution in [3.8, 4) is 0 Å². The summed E-state index contributed by atoms with van der Waals surface area (Å²) in [6, 6.07) is 5.54. The van der Waals surface area contributed by atoms with E-state index in [9.17, 15) is 22.8 Å². The summed E-state index contributed by atoms with van der Waals surface area (Å²) in [6.45, 7) is 1.95. The predicted molar refractivity (Wildman–Crippen MR) is 133 cm³/mol. The van der Waals surface area contributed by atoms with E-state index in [2.05, 4.69) is 10.3 Å². The van der Waals surface area contributed by atoms with Crippen LogP contribution in [-0.4, -0.2) is 77.6 Å². The van der Waals surface area contributed by atoms with Crippen LogP contribution in [-0.2, 0) is 24.6 Å². The molecule has 0 aliphatic carbocycles. The first kappa shape index (κ1) is 27.7. The average molecular weight is 553 g/mol. The van der Waals surface area contributed by atoms with Gasteiger partial charge in [-0.2, -0.15) is 0 Å². The molecule has 0 radical (unpaired) electrons. The number of nitrogens with one attached hydrogen (secondary N) is 1. The van der Waals surface area contributed by atoms with Gasteiger partial charge in [0.2, 0.25) is 0 Å².